The lowest BCUT2D eigenvalue weighted by atomic mass is 9.87. The van der Waals surface area contributed by atoms with Crippen molar-refractivity contribution in [3.8, 4) is 0 Å². The molecule has 0 amide bonds. The Bertz CT molecular complexity index is 561. The van der Waals surface area contributed by atoms with Crippen LogP contribution in [0.1, 0.15) is 58.3 Å². The van der Waals surface area contributed by atoms with E-state index in [0.717, 1.165) is 19.3 Å². The fourth-order valence-corrected chi connectivity index (χ4v) is 3.91. The number of aliphatic hydroxyl groups excluding tert-OH is 2. The van der Waals surface area contributed by atoms with Crippen LogP contribution in [-0.4, -0.2) is 45.5 Å². The Kier molecular flexibility index (Phi) is 7.79. The number of unbranched alkanes of at least 4 members (excludes halogenated alkanes) is 3. The van der Waals surface area contributed by atoms with Crippen LogP contribution in [0.4, 0.5) is 8.78 Å². The molecule has 2 aliphatic rings. The quantitative estimate of drug-likeness (QED) is 0.393. The number of carboxylic acid groups (broad SMARTS) is 1. The van der Waals surface area contributed by atoms with E-state index in [4.69, 9.17) is 9.84 Å². The van der Waals surface area contributed by atoms with Gasteiger partial charge in [-0.05, 0) is 25.3 Å². The van der Waals surface area contributed by atoms with Crippen LogP contribution < -0.4 is 0 Å². The molecule has 154 valence electrons. The molecular weight excluding hydrogens is 358 g/mol. The minimum Gasteiger partial charge on any atom is -0.488 e. The van der Waals surface area contributed by atoms with Crippen molar-refractivity contribution in [3.05, 3.63) is 24.0 Å². The Morgan fingerprint density at radius 3 is 2.78 bits per heavy atom. The molecule has 0 bridgehead atoms. The predicted octanol–water partition coefficient (Wildman–Crippen LogP) is 3.65. The summed E-state index contributed by atoms with van der Waals surface area (Å²) >= 11 is 0. The third-order valence-electron chi connectivity index (χ3n) is 5.34. The zero-order valence-corrected chi connectivity index (χ0v) is 15.7. The topological polar surface area (TPSA) is 87.0 Å². The van der Waals surface area contributed by atoms with Crippen molar-refractivity contribution >= 4 is 5.97 Å². The monoisotopic (exact) mass is 388 g/mol. The number of rotatable bonds is 10. The van der Waals surface area contributed by atoms with Crippen LogP contribution in [0, 0.1) is 11.8 Å². The molecule has 7 heteroatoms. The molecule has 2 fully saturated rings. The van der Waals surface area contributed by atoms with E-state index in [1.165, 1.54) is 18.2 Å². The van der Waals surface area contributed by atoms with Gasteiger partial charge in [-0.25, -0.2) is 0 Å². The second-order valence-electron chi connectivity index (χ2n) is 7.49. The van der Waals surface area contributed by atoms with Crippen molar-refractivity contribution in [2.45, 2.75) is 82.5 Å². The summed E-state index contributed by atoms with van der Waals surface area (Å²) < 4.78 is 35.1. The number of carbonyl (C=O) groups is 1. The zero-order chi connectivity index (χ0) is 20.0. The summed E-state index contributed by atoms with van der Waals surface area (Å²) in [5.74, 6) is -6.55. The molecule has 1 saturated carbocycles. The highest BCUT2D eigenvalue weighted by Gasteiger charge is 2.63. The van der Waals surface area contributed by atoms with E-state index in [1.807, 2.05) is 0 Å². The van der Waals surface area contributed by atoms with Gasteiger partial charge >= 0.3 is 11.9 Å². The number of allylic oxidation sites excluding steroid dienone is 2. The van der Waals surface area contributed by atoms with E-state index < -0.39 is 47.8 Å². The van der Waals surface area contributed by atoms with E-state index in [-0.39, 0.29) is 25.7 Å². The zero-order valence-electron chi connectivity index (χ0n) is 15.7. The number of ether oxygens (including phenoxy) is 1. The molecule has 0 aromatic heterocycles. The van der Waals surface area contributed by atoms with Gasteiger partial charge in [0, 0.05) is 18.8 Å². The SMILES string of the molecule is CCCCC[C@H](O)C=C[C@@H]1[C@@H]2[C@H](C[C@H]1O)OC(=CCCCC(=O)O)C2(F)F. The molecule has 0 aromatic rings. The van der Waals surface area contributed by atoms with E-state index in [0.29, 0.717) is 6.42 Å². The molecule has 27 heavy (non-hydrogen) atoms. The Balaban J connectivity index is 2.01. The van der Waals surface area contributed by atoms with Crippen LogP contribution in [0.5, 0.6) is 0 Å². The van der Waals surface area contributed by atoms with Crippen LogP contribution in [0.3, 0.4) is 0 Å². The largest absolute Gasteiger partial charge is 0.488 e. The van der Waals surface area contributed by atoms with Crippen LogP contribution in [0.2, 0.25) is 0 Å². The number of aliphatic carboxylic acids is 1. The van der Waals surface area contributed by atoms with Crippen molar-refractivity contribution in [1.29, 1.82) is 0 Å². The molecule has 5 nitrogen and oxygen atoms in total. The average Bonchev–Trinajstić information content (AvgIpc) is 3.03. The molecule has 0 radical (unpaired) electrons. The standard InChI is InChI=1S/C20H30F2O5/c1-2-3-4-7-13(23)10-11-14-15(24)12-16-19(14)20(21,22)17(27-16)8-5-6-9-18(25)26/h8,10-11,13-16,19,23-24H,2-7,9,12H2,1H3,(H,25,26)/t13-,14-,15+,16-,19+/m0/s1. The van der Waals surface area contributed by atoms with Gasteiger partial charge in [-0.2, -0.15) is 8.78 Å². The van der Waals surface area contributed by atoms with Crippen LogP contribution in [0.15, 0.2) is 24.0 Å². The average molecular weight is 388 g/mol. The van der Waals surface area contributed by atoms with Gasteiger partial charge in [0.25, 0.3) is 0 Å². The number of carboxylic acids is 1. The summed E-state index contributed by atoms with van der Waals surface area (Å²) in [6.07, 6.45) is 5.87. The molecule has 3 N–H and O–H groups in total. The summed E-state index contributed by atoms with van der Waals surface area (Å²) in [6, 6.07) is 0. The molecule has 1 saturated heterocycles. The molecule has 2 rings (SSSR count). The number of fused-ring (bicyclic) bond motifs is 1. The lowest BCUT2D eigenvalue weighted by Crippen LogP contribution is -2.33. The molecule has 0 aromatic carbocycles. The first-order valence-corrected chi connectivity index (χ1v) is 9.78. The number of alkyl halides is 2. The number of hydrogen-bond donors (Lipinski definition) is 3. The third-order valence-corrected chi connectivity index (χ3v) is 5.34. The Morgan fingerprint density at radius 2 is 2.11 bits per heavy atom. The predicted molar refractivity (Wildman–Crippen MR) is 96.3 cm³/mol. The van der Waals surface area contributed by atoms with E-state index in [1.54, 1.807) is 0 Å². The van der Waals surface area contributed by atoms with Crippen molar-refractivity contribution in [3.63, 3.8) is 0 Å². The van der Waals surface area contributed by atoms with Gasteiger partial charge < -0.3 is 20.1 Å². The van der Waals surface area contributed by atoms with Gasteiger partial charge in [-0.15, -0.1) is 0 Å². The van der Waals surface area contributed by atoms with E-state index in [9.17, 15) is 23.8 Å². The smallest absolute Gasteiger partial charge is 0.310 e. The first kappa shape index (κ1) is 21.8. The molecule has 1 heterocycles. The van der Waals surface area contributed by atoms with Gasteiger partial charge in [0.2, 0.25) is 0 Å². The van der Waals surface area contributed by atoms with Gasteiger partial charge in [-0.1, -0.05) is 38.3 Å². The highest BCUT2D eigenvalue weighted by Crippen LogP contribution is 2.54. The molecule has 0 unspecified atom stereocenters. The fraction of sp³-hybridized carbons (Fsp3) is 0.750. The highest BCUT2D eigenvalue weighted by atomic mass is 19.3. The van der Waals surface area contributed by atoms with Crippen LogP contribution in [0.25, 0.3) is 0 Å². The van der Waals surface area contributed by atoms with Crippen molar-refractivity contribution in [2.75, 3.05) is 0 Å². The van der Waals surface area contributed by atoms with Gasteiger partial charge in [0.05, 0.1) is 18.1 Å². The maximum Gasteiger partial charge on any atom is 0.310 e. The van der Waals surface area contributed by atoms with Crippen molar-refractivity contribution < 1.29 is 33.6 Å². The highest BCUT2D eigenvalue weighted by molar-refractivity contribution is 5.66. The van der Waals surface area contributed by atoms with Crippen molar-refractivity contribution in [1.82, 2.24) is 0 Å². The first-order valence-electron chi connectivity index (χ1n) is 9.78. The fourth-order valence-electron chi connectivity index (χ4n) is 3.91. The molecule has 1 aliphatic carbocycles. The number of hydrogen-bond acceptors (Lipinski definition) is 4. The summed E-state index contributed by atoms with van der Waals surface area (Å²) in [5.41, 5.74) is 0. The first-order chi connectivity index (χ1) is 12.8. The number of halogens is 2. The van der Waals surface area contributed by atoms with Crippen molar-refractivity contribution in [2.24, 2.45) is 11.8 Å². The Labute approximate surface area is 158 Å². The number of aliphatic hydroxyl groups is 2. The molecule has 5 atom stereocenters. The summed E-state index contributed by atoms with van der Waals surface area (Å²) in [7, 11) is 0. The van der Waals surface area contributed by atoms with Crippen LogP contribution >= 0.6 is 0 Å². The summed E-state index contributed by atoms with van der Waals surface area (Å²) in [4.78, 5) is 10.5. The lowest BCUT2D eigenvalue weighted by molar-refractivity contribution is -0.137. The molecule has 0 spiro atoms. The van der Waals surface area contributed by atoms with Gasteiger partial charge in [-0.3, -0.25) is 4.79 Å². The van der Waals surface area contributed by atoms with Gasteiger partial charge in [0.1, 0.15) is 6.10 Å². The summed E-state index contributed by atoms with van der Waals surface area (Å²) in [5, 5.41) is 28.8. The normalized spacial score (nSPS) is 32.0. The second-order valence-corrected chi connectivity index (χ2v) is 7.49. The lowest BCUT2D eigenvalue weighted by Gasteiger charge is -2.22. The van der Waals surface area contributed by atoms with E-state index >= 15 is 0 Å². The Morgan fingerprint density at radius 1 is 1.37 bits per heavy atom. The minimum absolute atomic E-state index is 0.0811. The summed E-state index contributed by atoms with van der Waals surface area (Å²) in [6.45, 7) is 2.06. The molecular formula is C20H30F2O5. The van der Waals surface area contributed by atoms with E-state index in [2.05, 4.69) is 6.92 Å². The second kappa shape index (κ2) is 9.64. The third kappa shape index (κ3) is 5.51. The van der Waals surface area contributed by atoms with Crippen LogP contribution in [-0.2, 0) is 9.53 Å². The Hall–Kier alpha value is -1.47. The van der Waals surface area contributed by atoms with Gasteiger partial charge in [0.15, 0.2) is 5.76 Å². The maximum atomic E-state index is 14.8. The maximum absolute atomic E-state index is 14.8. The minimum atomic E-state index is -3.21. The molecule has 1 aliphatic heterocycles.